The molecular formula is C15H17ClFNO3. The predicted octanol–water partition coefficient (Wildman–Crippen LogP) is 3.25. The maximum Gasteiger partial charge on any atom is 0.329 e. The molecule has 0 aliphatic carbocycles. The van der Waals surface area contributed by atoms with Crippen LogP contribution in [0.5, 0.6) is 0 Å². The minimum atomic E-state index is -1.28. The minimum absolute atomic E-state index is 0.0421. The zero-order chi connectivity index (χ0) is 16.0. The molecule has 0 heterocycles. The second kappa shape index (κ2) is 7.22. The van der Waals surface area contributed by atoms with Gasteiger partial charge in [-0.2, -0.15) is 0 Å². The van der Waals surface area contributed by atoms with E-state index in [0.29, 0.717) is 5.56 Å². The fourth-order valence-electron chi connectivity index (χ4n) is 1.85. The maximum absolute atomic E-state index is 13.0. The zero-order valence-corrected chi connectivity index (χ0v) is 12.6. The van der Waals surface area contributed by atoms with Crippen LogP contribution in [0.15, 0.2) is 24.3 Å². The molecule has 0 fully saturated rings. The lowest BCUT2D eigenvalue weighted by atomic mass is 9.93. The van der Waals surface area contributed by atoms with Crippen LogP contribution >= 0.6 is 11.6 Å². The summed E-state index contributed by atoms with van der Waals surface area (Å²) in [5, 5.41) is 11.7. The SMILES string of the molecule is CCC(CC)(NC(=O)C=Cc1ccc(F)c(Cl)c1)C(=O)O. The van der Waals surface area contributed by atoms with Gasteiger partial charge in [0.1, 0.15) is 11.4 Å². The van der Waals surface area contributed by atoms with Crippen LogP contribution in [0, 0.1) is 5.82 Å². The Morgan fingerprint density at radius 1 is 1.38 bits per heavy atom. The quantitative estimate of drug-likeness (QED) is 0.792. The van der Waals surface area contributed by atoms with Crippen LogP contribution in [0.3, 0.4) is 0 Å². The fourth-order valence-corrected chi connectivity index (χ4v) is 2.04. The van der Waals surface area contributed by atoms with Gasteiger partial charge in [0, 0.05) is 6.08 Å². The van der Waals surface area contributed by atoms with E-state index in [4.69, 9.17) is 11.6 Å². The Hall–Kier alpha value is -1.88. The molecule has 0 saturated carbocycles. The van der Waals surface area contributed by atoms with Gasteiger partial charge in [-0.15, -0.1) is 0 Å². The fraction of sp³-hybridized carbons (Fsp3) is 0.333. The highest BCUT2D eigenvalue weighted by molar-refractivity contribution is 6.30. The first kappa shape index (κ1) is 17.2. The van der Waals surface area contributed by atoms with Gasteiger partial charge >= 0.3 is 5.97 Å². The molecule has 4 nitrogen and oxygen atoms in total. The van der Waals surface area contributed by atoms with E-state index in [9.17, 15) is 19.1 Å². The largest absolute Gasteiger partial charge is 0.480 e. The molecule has 0 radical (unpaired) electrons. The van der Waals surface area contributed by atoms with Crippen molar-refractivity contribution in [1.82, 2.24) is 5.32 Å². The van der Waals surface area contributed by atoms with Crippen molar-refractivity contribution in [2.45, 2.75) is 32.2 Å². The van der Waals surface area contributed by atoms with Gasteiger partial charge in [-0.3, -0.25) is 4.79 Å². The second-order valence-corrected chi connectivity index (χ2v) is 5.00. The lowest BCUT2D eigenvalue weighted by Gasteiger charge is -2.27. The van der Waals surface area contributed by atoms with E-state index in [0.717, 1.165) is 0 Å². The molecule has 1 aromatic rings. The third-order valence-electron chi connectivity index (χ3n) is 3.35. The number of nitrogens with one attached hydrogen (secondary N) is 1. The van der Waals surface area contributed by atoms with Crippen molar-refractivity contribution in [2.75, 3.05) is 0 Å². The number of hydrogen-bond acceptors (Lipinski definition) is 2. The Morgan fingerprint density at radius 2 is 2.00 bits per heavy atom. The van der Waals surface area contributed by atoms with Crippen LogP contribution in [-0.2, 0) is 9.59 Å². The molecule has 0 aliphatic heterocycles. The van der Waals surface area contributed by atoms with Gasteiger partial charge in [0.25, 0.3) is 0 Å². The van der Waals surface area contributed by atoms with Gasteiger partial charge in [-0.25, -0.2) is 9.18 Å². The van der Waals surface area contributed by atoms with Crippen LogP contribution in [0.25, 0.3) is 6.08 Å². The van der Waals surface area contributed by atoms with Gasteiger partial charge < -0.3 is 10.4 Å². The topological polar surface area (TPSA) is 66.4 Å². The molecule has 6 heteroatoms. The van der Waals surface area contributed by atoms with E-state index in [-0.39, 0.29) is 17.9 Å². The molecule has 0 atom stereocenters. The number of benzene rings is 1. The summed E-state index contributed by atoms with van der Waals surface area (Å²) in [6, 6.07) is 4.04. The van der Waals surface area contributed by atoms with E-state index >= 15 is 0 Å². The first-order valence-corrected chi connectivity index (χ1v) is 6.91. The molecule has 114 valence electrons. The molecule has 2 N–H and O–H groups in total. The smallest absolute Gasteiger partial charge is 0.329 e. The summed E-state index contributed by atoms with van der Waals surface area (Å²) >= 11 is 5.63. The molecule has 1 amide bonds. The number of hydrogen-bond donors (Lipinski definition) is 2. The number of carbonyl (C=O) groups excluding carboxylic acids is 1. The van der Waals surface area contributed by atoms with Crippen LogP contribution in [0.2, 0.25) is 5.02 Å². The van der Waals surface area contributed by atoms with Gasteiger partial charge in [-0.05, 0) is 36.6 Å². The summed E-state index contributed by atoms with van der Waals surface area (Å²) in [6.07, 6.45) is 3.20. The van der Waals surface area contributed by atoms with Crippen LogP contribution < -0.4 is 5.32 Å². The van der Waals surface area contributed by atoms with Crippen LogP contribution in [0.4, 0.5) is 4.39 Å². The van der Waals surface area contributed by atoms with Crippen LogP contribution in [0.1, 0.15) is 32.3 Å². The molecular weight excluding hydrogens is 297 g/mol. The first-order valence-electron chi connectivity index (χ1n) is 6.53. The van der Waals surface area contributed by atoms with Gasteiger partial charge in [0.2, 0.25) is 5.91 Å². The first-order chi connectivity index (χ1) is 9.84. The van der Waals surface area contributed by atoms with Gasteiger partial charge in [-0.1, -0.05) is 31.5 Å². The zero-order valence-electron chi connectivity index (χ0n) is 11.8. The standard InChI is InChI=1S/C15H17ClFNO3/c1-3-15(4-2,14(20)21)18-13(19)8-6-10-5-7-12(17)11(16)9-10/h5-9H,3-4H2,1-2H3,(H,18,19)(H,20,21). The van der Waals surface area contributed by atoms with Crippen LogP contribution in [-0.4, -0.2) is 22.5 Å². The Kier molecular flexibility index (Phi) is 5.90. The average molecular weight is 314 g/mol. The van der Waals surface area contributed by atoms with Crippen molar-refractivity contribution in [3.05, 3.63) is 40.7 Å². The highest BCUT2D eigenvalue weighted by Gasteiger charge is 2.35. The molecule has 0 saturated heterocycles. The molecule has 1 aromatic carbocycles. The van der Waals surface area contributed by atoms with E-state index < -0.39 is 23.2 Å². The Balaban J connectivity index is 2.82. The summed E-state index contributed by atoms with van der Waals surface area (Å²) in [6.45, 7) is 3.39. The van der Waals surface area contributed by atoms with Crippen molar-refractivity contribution in [3.63, 3.8) is 0 Å². The number of carboxylic acids is 1. The minimum Gasteiger partial charge on any atom is -0.480 e. The second-order valence-electron chi connectivity index (χ2n) is 4.59. The number of carbonyl (C=O) groups is 2. The Bertz CT molecular complexity index is 568. The van der Waals surface area contributed by atoms with E-state index in [2.05, 4.69) is 5.32 Å². The molecule has 21 heavy (non-hydrogen) atoms. The number of amides is 1. The van der Waals surface area contributed by atoms with E-state index in [1.54, 1.807) is 13.8 Å². The van der Waals surface area contributed by atoms with E-state index in [1.807, 2.05) is 0 Å². The van der Waals surface area contributed by atoms with E-state index in [1.165, 1.54) is 30.4 Å². The predicted molar refractivity (Wildman–Crippen MR) is 79.5 cm³/mol. The number of aliphatic carboxylic acids is 1. The van der Waals surface area contributed by atoms with Crippen molar-refractivity contribution >= 4 is 29.6 Å². The summed E-state index contributed by atoms with van der Waals surface area (Å²) in [4.78, 5) is 23.1. The summed E-state index contributed by atoms with van der Waals surface area (Å²) in [5.74, 6) is -2.14. The normalized spacial score (nSPS) is 11.6. The Morgan fingerprint density at radius 3 is 2.48 bits per heavy atom. The number of halogens is 2. The number of carboxylic acid groups (broad SMARTS) is 1. The molecule has 0 aliphatic rings. The molecule has 0 bridgehead atoms. The van der Waals surface area contributed by atoms with Gasteiger partial charge in [0.05, 0.1) is 5.02 Å². The highest BCUT2D eigenvalue weighted by Crippen LogP contribution is 2.18. The molecule has 0 unspecified atom stereocenters. The van der Waals surface area contributed by atoms with Crippen molar-refractivity contribution in [2.24, 2.45) is 0 Å². The van der Waals surface area contributed by atoms with Crippen molar-refractivity contribution in [3.8, 4) is 0 Å². The van der Waals surface area contributed by atoms with Crippen molar-refractivity contribution in [1.29, 1.82) is 0 Å². The summed E-state index contributed by atoms with van der Waals surface area (Å²) in [5.41, 5.74) is -0.729. The molecule has 1 rings (SSSR count). The lowest BCUT2D eigenvalue weighted by Crippen LogP contribution is -2.53. The van der Waals surface area contributed by atoms with Gasteiger partial charge in [0.15, 0.2) is 0 Å². The number of rotatable bonds is 6. The lowest BCUT2D eigenvalue weighted by molar-refractivity contribution is -0.147. The maximum atomic E-state index is 13.0. The molecule has 0 aromatic heterocycles. The highest BCUT2D eigenvalue weighted by atomic mass is 35.5. The summed E-state index contributed by atoms with van der Waals surface area (Å²) in [7, 11) is 0. The monoisotopic (exact) mass is 313 g/mol. The third kappa shape index (κ3) is 4.29. The Labute approximate surface area is 127 Å². The summed E-state index contributed by atoms with van der Waals surface area (Å²) < 4.78 is 13.0. The third-order valence-corrected chi connectivity index (χ3v) is 3.64. The van der Waals surface area contributed by atoms with Crippen molar-refractivity contribution < 1.29 is 19.1 Å². The average Bonchev–Trinajstić information content (AvgIpc) is 2.45. The molecule has 0 spiro atoms.